The number of carbonyl (C=O) groups is 1. The minimum atomic E-state index is -0.510. The van der Waals surface area contributed by atoms with Crippen LogP contribution in [0.3, 0.4) is 0 Å². The lowest BCUT2D eigenvalue weighted by atomic mass is 9.47. The van der Waals surface area contributed by atoms with Gasteiger partial charge in [-0.15, -0.1) is 0 Å². The molecule has 4 N–H and O–H groups in total. The van der Waals surface area contributed by atoms with Crippen LogP contribution in [0.1, 0.15) is 125 Å². The predicted octanol–water partition coefficient (Wildman–Crippen LogP) is 7.40. The molecule has 3 saturated carbocycles. The maximum atomic E-state index is 12.6. The first kappa shape index (κ1) is 29.1. The Morgan fingerprint density at radius 1 is 1.00 bits per heavy atom. The van der Waals surface area contributed by atoms with E-state index in [1.807, 2.05) is 0 Å². The largest absolute Gasteiger partial charge is 0.461 e. The van der Waals surface area contributed by atoms with E-state index >= 15 is 0 Å². The molecule has 4 aliphatic rings. The van der Waals surface area contributed by atoms with E-state index in [1.165, 1.54) is 51.4 Å². The zero-order valence-corrected chi connectivity index (χ0v) is 24.8. The maximum absolute atomic E-state index is 12.6. The lowest BCUT2D eigenvalue weighted by molar-refractivity contribution is -0.153. The number of unbranched alkanes of at least 4 members (excludes halogenated alkanes) is 1. The highest BCUT2D eigenvalue weighted by molar-refractivity contribution is 5.75. The van der Waals surface area contributed by atoms with Gasteiger partial charge in [-0.25, -0.2) is 0 Å². The fraction of sp³-hybridized carbons (Fsp3) is 0.909. The normalized spacial score (nSPS) is 38.8. The number of hydrogen-bond donors (Lipinski definition) is 2. The van der Waals surface area contributed by atoms with Crippen LogP contribution in [0.5, 0.6) is 0 Å². The summed E-state index contributed by atoms with van der Waals surface area (Å²) in [5.74, 6) is 4.92. The molecule has 4 heteroatoms. The van der Waals surface area contributed by atoms with E-state index in [-0.39, 0.29) is 17.5 Å². The lowest BCUT2D eigenvalue weighted by Gasteiger charge is -2.58. The molecule has 0 heterocycles. The highest BCUT2D eigenvalue weighted by Crippen LogP contribution is 2.67. The third-order valence-corrected chi connectivity index (χ3v) is 11.8. The molecular formula is C33H58N2O2. The third kappa shape index (κ3) is 6.01. The van der Waals surface area contributed by atoms with Crippen LogP contribution in [0.25, 0.3) is 0 Å². The van der Waals surface area contributed by atoms with Gasteiger partial charge in [0.15, 0.2) is 0 Å². The maximum Gasteiger partial charge on any atom is 0.323 e. The van der Waals surface area contributed by atoms with Crippen molar-refractivity contribution in [2.75, 3.05) is 6.54 Å². The molecule has 9 unspecified atom stereocenters. The molecule has 0 saturated heterocycles. The summed E-state index contributed by atoms with van der Waals surface area (Å²) in [5, 5.41) is 0. The summed E-state index contributed by atoms with van der Waals surface area (Å²) in [6.45, 7) is 13.2. The van der Waals surface area contributed by atoms with E-state index < -0.39 is 6.04 Å². The molecule has 4 nitrogen and oxygen atoms in total. The standard InChI is InChI=1S/C33H58N2O2/c1-22(2)9-8-10-23(3)27-14-15-28-26-13-12-24-21-25(37-31(36)30(35)11-6-7-20-34)16-18-32(24,4)29(26)17-19-33(27,28)5/h12,22-23,25-30H,6-11,13-21,34-35H2,1-5H3. The van der Waals surface area contributed by atoms with Gasteiger partial charge in [-0.3, -0.25) is 4.79 Å². The van der Waals surface area contributed by atoms with E-state index in [9.17, 15) is 4.79 Å². The van der Waals surface area contributed by atoms with E-state index in [0.29, 0.717) is 18.4 Å². The molecule has 0 aromatic heterocycles. The Kier molecular flexibility index (Phi) is 9.53. The Morgan fingerprint density at radius 2 is 1.78 bits per heavy atom. The molecule has 0 aliphatic heterocycles. The number of esters is 1. The number of carbonyl (C=O) groups excluding carboxylic acids is 1. The summed E-state index contributed by atoms with van der Waals surface area (Å²) >= 11 is 0. The van der Waals surface area contributed by atoms with Gasteiger partial charge >= 0.3 is 5.97 Å². The van der Waals surface area contributed by atoms with Crippen molar-refractivity contribution in [2.24, 2.45) is 57.8 Å². The smallest absolute Gasteiger partial charge is 0.323 e. The van der Waals surface area contributed by atoms with Crippen molar-refractivity contribution >= 4 is 5.97 Å². The van der Waals surface area contributed by atoms with Crippen molar-refractivity contribution in [1.29, 1.82) is 0 Å². The zero-order valence-electron chi connectivity index (χ0n) is 24.8. The molecule has 0 radical (unpaired) electrons. The van der Waals surface area contributed by atoms with Gasteiger partial charge in [0.25, 0.3) is 0 Å². The lowest BCUT2D eigenvalue weighted by Crippen LogP contribution is -2.51. The van der Waals surface area contributed by atoms with E-state index in [1.54, 1.807) is 5.57 Å². The first-order valence-corrected chi connectivity index (χ1v) is 16.0. The number of fused-ring (bicyclic) bond motifs is 5. The average molecular weight is 515 g/mol. The molecule has 212 valence electrons. The summed E-state index contributed by atoms with van der Waals surface area (Å²) in [6.07, 6.45) is 19.2. The van der Waals surface area contributed by atoms with Crippen LogP contribution < -0.4 is 11.5 Å². The van der Waals surface area contributed by atoms with Crippen molar-refractivity contribution in [3.63, 3.8) is 0 Å². The Hall–Kier alpha value is -0.870. The summed E-state index contributed by atoms with van der Waals surface area (Å²) in [7, 11) is 0. The van der Waals surface area contributed by atoms with E-state index in [4.69, 9.17) is 16.2 Å². The van der Waals surface area contributed by atoms with E-state index in [2.05, 4.69) is 40.7 Å². The van der Waals surface area contributed by atoms with E-state index in [0.717, 1.165) is 67.6 Å². The Labute approximate surface area is 228 Å². The number of ether oxygens (including phenoxy) is 1. The van der Waals surface area contributed by atoms with Crippen LogP contribution in [0.4, 0.5) is 0 Å². The first-order valence-electron chi connectivity index (χ1n) is 16.0. The van der Waals surface area contributed by atoms with Gasteiger partial charge in [0, 0.05) is 6.42 Å². The monoisotopic (exact) mass is 514 g/mol. The van der Waals surface area contributed by atoms with Gasteiger partial charge in [0.05, 0.1) is 0 Å². The predicted molar refractivity (Wildman–Crippen MR) is 154 cm³/mol. The fourth-order valence-corrected chi connectivity index (χ4v) is 9.63. The van der Waals surface area contributed by atoms with Crippen LogP contribution in [0.15, 0.2) is 11.6 Å². The van der Waals surface area contributed by atoms with Gasteiger partial charge in [0.2, 0.25) is 0 Å². The number of hydrogen-bond acceptors (Lipinski definition) is 4. The Bertz CT molecular complexity index is 808. The van der Waals surface area contributed by atoms with Crippen molar-refractivity contribution in [3.8, 4) is 0 Å². The second-order valence-electron chi connectivity index (χ2n) is 14.5. The molecule has 4 rings (SSSR count). The Balaban J connectivity index is 1.38. The number of nitrogens with two attached hydrogens (primary N) is 2. The average Bonchev–Trinajstić information content (AvgIpc) is 3.21. The van der Waals surface area contributed by atoms with Gasteiger partial charge < -0.3 is 16.2 Å². The molecular weight excluding hydrogens is 456 g/mol. The molecule has 0 bridgehead atoms. The molecule has 0 aromatic rings. The molecule has 9 atom stereocenters. The second-order valence-corrected chi connectivity index (χ2v) is 14.5. The third-order valence-electron chi connectivity index (χ3n) is 11.8. The number of allylic oxidation sites excluding steroid dienone is 1. The highest BCUT2D eigenvalue weighted by atomic mass is 16.5. The van der Waals surface area contributed by atoms with Crippen molar-refractivity contribution < 1.29 is 9.53 Å². The van der Waals surface area contributed by atoms with Gasteiger partial charge in [-0.1, -0.05) is 72.0 Å². The molecule has 3 fully saturated rings. The van der Waals surface area contributed by atoms with Crippen LogP contribution in [-0.4, -0.2) is 24.7 Å². The summed E-state index contributed by atoms with van der Waals surface area (Å²) in [6, 6.07) is -0.510. The van der Waals surface area contributed by atoms with Crippen molar-refractivity contribution in [1.82, 2.24) is 0 Å². The molecule has 37 heavy (non-hydrogen) atoms. The quantitative estimate of drug-likeness (QED) is 0.171. The second kappa shape index (κ2) is 12.1. The van der Waals surface area contributed by atoms with Gasteiger partial charge in [-0.05, 0) is 111 Å². The Morgan fingerprint density at radius 3 is 2.51 bits per heavy atom. The summed E-state index contributed by atoms with van der Waals surface area (Å²) in [5.41, 5.74) is 14.1. The topological polar surface area (TPSA) is 78.3 Å². The van der Waals surface area contributed by atoms with Crippen LogP contribution >= 0.6 is 0 Å². The minimum Gasteiger partial charge on any atom is -0.461 e. The van der Waals surface area contributed by atoms with Crippen molar-refractivity contribution in [3.05, 3.63) is 11.6 Å². The van der Waals surface area contributed by atoms with Crippen molar-refractivity contribution in [2.45, 2.75) is 137 Å². The highest BCUT2D eigenvalue weighted by Gasteiger charge is 2.59. The number of rotatable bonds is 11. The molecule has 0 spiro atoms. The van der Waals surface area contributed by atoms with Gasteiger partial charge in [0.1, 0.15) is 12.1 Å². The molecule has 4 aliphatic carbocycles. The summed E-state index contributed by atoms with van der Waals surface area (Å²) < 4.78 is 5.95. The van der Waals surface area contributed by atoms with Crippen LogP contribution in [-0.2, 0) is 9.53 Å². The fourth-order valence-electron chi connectivity index (χ4n) is 9.63. The van der Waals surface area contributed by atoms with Crippen LogP contribution in [0, 0.1) is 46.3 Å². The minimum absolute atomic E-state index is 0.000314. The molecule has 0 aromatic carbocycles. The summed E-state index contributed by atoms with van der Waals surface area (Å²) in [4.78, 5) is 12.6. The van der Waals surface area contributed by atoms with Gasteiger partial charge in [-0.2, -0.15) is 0 Å². The first-order chi connectivity index (χ1) is 17.6. The molecule has 0 amide bonds. The SMILES string of the molecule is CC(C)CCCC(C)C1CCC2C3CC=C4CC(OC(=O)C(N)CCCCN)CCC4(C)C3CCC12C. The van der Waals surface area contributed by atoms with Crippen LogP contribution in [0.2, 0.25) is 0 Å². The zero-order chi connectivity index (χ0) is 26.8.